The molecule has 7 heteroatoms. The lowest BCUT2D eigenvalue weighted by Crippen LogP contribution is -2.30. The van der Waals surface area contributed by atoms with Crippen LogP contribution in [0.25, 0.3) is 11.4 Å². The molecule has 0 aliphatic carbocycles. The summed E-state index contributed by atoms with van der Waals surface area (Å²) in [6.45, 7) is 0. The maximum absolute atomic E-state index is 13.6. The fraction of sp³-hybridized carbons (Fsp3) is 0.0833. The van der Waals surface area contributed by atoms with Crippen molar-refractivity contribution in [2.24, 2.45) is 0 Å². The van der Waals surface area contributed by atoms with Crippen molar-refractivity contribution in [3.05, 3.63) is 118 Å². The van der Waals surface area contributed by atoms with E-state index in [1.807, 2.05) is 30.3 Å². The van der Waals surface area contributed by atoms with Crippen molar-refractivity contribution in [1.29, 1.82) is 0 Å². The molecule has 2 N–H and O–H groups in total. The number of nitrogens with one attached hydrogen (secondary N) is 2. The molecule has 0 bridgehead atoms. The Labute approximate surface area is 177 Å². The molecule has 0 aliphatic heterocycles. The molecule has 0 aliphatic rings. The van der Waals surface area contributed by atoms with Crippen LogP contribution in [-0.4, -0.2) is 20.9 Å². The summed E-state index contributed by atoms with van der Waals surface area (Å²) >= 11 is 0. The molecule has 2 heterocycles. The molecule has 2 aromatic carbocycles. The van der Waals surface area contributed by atoms with Crippen molar-refractivity contribution < 1.29 is 9.18 Å². The number of amides is 1. The van der Waals surface area contributed by atoms with E-state index in [0.717, 1.165) is 5.56 Å². The molecule has 154 valence electrons. The van der Waals surface area contributed by atoms with E-state index in [4.69, 9.17) is 0 Å². The van der Waals surface area contributed by atoms with Crippen LogP contribution in [0.1, 0.15) is 27.7 Å². The van der Waals surface area contributed by atoms with Crippen LogP contribution in [0.15, 0.2) is 90.0 Å². The van der Waals surface area contributed by atoms with Gasteiger partial charge in [0.15, 0.2) is 0 Å². The quantitative estimate of drug-likeness (QED) is 0.504. The maximum atomic E-state index is 13.6. The fourth-order valence-corrected chi connectivity index (χ4v) is 3.27. The van der Waals surface area contributed by atoms with Gasteiger partial charge in [-0.25, -0.2) is 9.37 Å². The van der Waals surface area contributed by atoms with E-state index in [1.54, 1.807) is 30.6 Å². The van der Waals surface area contributed by atoms with Crippen molar-refractivity contribution in [1.82, 2.24) is 20.3 Å². The lowest BCUT2D eigenvalue weighted by Gasteiger charge is -2.19. The number of carbonyl (C=O) groups is 1. The van der Waals surface area contributed by atoms with Gasteiger partial charge < -0.3 is 10.3 Å². The molecule has 6 nitrogen and oxygen atoms in total. The number of aromatic nitrogens is 3. The van der Waals surface area contributed by atoms with Gasteiger partial charge in [-0.15, -0.1) is 0 Å². The van der Waals surface area contributed by atoms with Crippen LogP contribution < -0.4 is 10.9 Å². The van der Waals surface area contributed by atoms with Gasteiger partial charge >= 0.3 is 0 Å². The summed E-state index contributed by atoms with van der Waals surface area (Å²) in [5.41, 5.74) is 1.96. The maximum Gasteiger partial charge on any atom is 0.251 e. The molecule has 0 saturated heterocycles. The summed E-state index contributed by atoms with van der Waals surface area (Å²) in [4.78, 5) is 36.3. The van der Waals surface area contributed by atoms with E-state index in [-0.39, 0.29) is 17.5 Å². The minimum Gasteiger partial charge on any atom is -0.345 e. The van der Waals surface area contributed by atoms with E-state index < -0.39 is 17.8 Å². The lowest BCUT2D eigenvalue weighted by molar-refractivity contribution is 0.0936. The van der Waals surface area contributed by atoms with Crippen LogP contribution in [0.4, 0.5) is 4.39 Å². The van der Waals surface area contributed by atoms with Crippen LogP contribution in [0.2, 0.25) is 0 Å². The first-order chi connectivity index (χ1) is 15.1. The lowest BCUT2D eigenvalue weighted by atomic mass is 10.0. The summed E-state index contributed by atoms with van der Waals surface area (Å²) < 4.78 is 13.6. The van der Waals surface area contributed by atoms with E-state index in [0.29, 0.717) is 17.1 Å². The van der Waals surface area contributed by atoms with E-state index in [2.05, 4.69) is 20.3 Å². The molecule has 1 amide bonds. The number of carbonyl (C=O) groups excluding carboxylic acids is 1. The van der Waals surface area contributed by atoms with Crippen LogP contribution in [0.3, 0.4) is 0 Å². The minimum absolute atomic E-state index is 0.218. The minimum atomic E-state index is -0.485. The van der Waals surface area contributed by atoms with Crippen molar-refractivity contribution in [2.75, 3.05) is 0 Å². The average molecular weight is 414 g/mol. The highest BCUT2D eigenvalue weighted by Crippen LogP contribution is 2.19. The van der Waals surface area contributed by atoms with Gasteiger partial charge in [0.25, 0.3) is 11.5 Å². The Hall–Kier alpha value is -4.13. The Morgan fingerprint density at radius 2 is 1.87 bits per heavy atom. The molecule has 4 rings (SSSR count). The summed E-state index contributed by atoms with van der Waals surface area (Å²) in [5, 5.41) is 2.93. The molecule has 0 unspecified atom stereocenters. The molecule has 31 heavy (non-hydrogen) atoms. The molecular formula is C24H19FN4O2. The summed E-state index contributed by atoms with van der Waals surface area (Å²) in [6, 6.07) is 19.4. The van der Waals surface area contributed by atoms with Crippen LogP contribution in [-0.2, 0) is 6.42 Å². The van der Waals surface area contributed by atoms with Gasteiger partial charge in [0.1, 0.15) is 11.6 Å². The van der Waals surface area contributed by atoms with Gasteiger partial charge in [0.05, 0.1) is 11.7 Å². The van der Waals surface area contributed by atoms with Gasteiger partial charge in [-0.2, -0.15) is 0 Å². The zero-order chi connectivity index (χ0) is 21.6. The predicted octanol–water partition coefficient (Wildman–Crippen LogP) is 3.68. The second-order valence-electron chi connectivity index (χ2n) is 6.98. The fourth-order valence-electron chi connectivity index (χ4n) is 3.27. The second-order valence-corrected chi connectivity index (χ2v) is 6.98. The molecule has 0 fully saturated rings. The SMILES string of the molecule is O=C(N[C@@H](Cc1cc(=O)[nH]c(-c2cccnc2)n1)c1ccccc1)c1cccc(F)c1. The van der Waals surface area contributed by atoms with E-state index in [9.17, 15) is 14.0 Å². The average Bonchev–Trinajstić information content (AvgIpc) is 2.79. The van der Waals surface area contributed by atoms with E-state index >= 15 is 0 Å². The third-order valence-corrected chi connectivity index (χ3v) is 4.74. The topological polar surface area (TPSA) is 87.7 Å². The molecule has 1 atom stereocenters. The van der Waals surface area contributed by atoms with Gasteiger partial charge in [0, 0.05) is 36.0 Å². The number of pyridine rings is 1. The van der Waals surface area contributed by atoms with Crippen molar-refractivity contribution in [3.8, 4) is 11.4 Å². The Balaban J connectivity index is 1.65. The highest BCUT2D eigenvalue weighted by Gasteiger charge is 2.18. The van der Waals surface area contributed by atoms with Crippen molar-refractivity contribution >= 4 is 5.91 Å². The summed E-state index contributed by atoms with van der Waals surface area (Å²) in [5.74, 6) is -0.495. The highest BCUT2D eigenvalue weighted by molar-refractivity contribution is 5.94. The highest BCUT2D eigenvalue weighted by atomic mass is 19.1. The Morgan fingerprint density at radius 1 is 1.03 bits per heavy atom. The molecular weight excluding hydrogens is 395 g/mol. The van der Waals surface area contributed by atoms with Crippen LogP contribution >= 0.6 is 0 Å². The Kier molecular flexibility index (Phi) is 5.93. The number of aromatic amines is 1. The van der Waals surface area contributed by atoms with Gasteiger partial charge in [0.2, 0.25) is 0 Å². The zero-order valence-electron chi connectivity index (χ0n) is 16.5. The monoisotopic (exact) mass is 414 g/mol. The van der Waals surface area contributed by atoms with Crippen LogP contribution in [0, 0.1) is 5.82 Å². The normalized spacial score (nSPS) is 11.6. The smallest absolute Gasteiger partial charge is 0.251 e. The summed E-state index contributed by atoms with van der Waals surface area (Å²) in [7, 11) is 0. The number of hydrogen-bond donors (Lipinski definition) is 2. The van der Waals surface area contributed by atoms with Crippen molar-refractivity contribution in [2.45, 2.75) is 12.5 Å². The molecule has 0 spiro atoms. The van der Waals surface area contributed by atoms with Gasteiger partial charge in [-0.05, 0) is 35.9 Å². The first kappa shape index (κ1) is 20.2. The molecule has 4 aromatic rings. The number of hydrogen-bond acceptors (Lipinski definition) is 4. The molecule has 0 radical (unpaired) electrons. The first-order valence-electron chi connectivity index (χ1n) is 9.70. The largest absolute Gasteiger partial charge is 0.345 e. The molecule has 0 saturated carbocycles. The number of halogens is 1. The zero-order valence-corrected chi connectivity index (χ0v) is 16.5. The predicted molar refractivity (Wildman–Crippen MR) is 115 cm³/mol. The van der Waals surface area contributed by atoms with Crippen molar-refractivity contribution in [3.63, 3.8) is 0 Å². The number of H-pyrrole nitrogens is 1. The second kappa shape index (κ2) is 9.13. The van der Waals surface area contributed by atoms with E-state index in [1.165, 1.54) is 24.3 Å². The number of rotatable bonds is 6. The summed E-state index contributed by atoms with van der Waals surface area (Å²) in [6.07, 6.45) is 3.53. The number of nitrogens with zero attached hydrogens (tertiary/aromatic N) is 2. The molecule has 2 aromatic heterocycles. The van der Waals surface area contributed by atoms with Crippen LogP contribution in [0.5, 0.6) is 0 Å². The standard InChI is InChI=1S/C24H19FN4O2/c25-19-10-4-8-17(12-19)24(31)28-21(16-6-2-1-3-7-16)13-20-14-22(30)29-23(27-20)18-9-5-11-26-15-18/h1-12,14-15,21H,13H2,(H,28,31)(H,27,29,30)/t21-/m0/s1. The number of benzene rings is 2. The Morgan fingerprint density at radius 3 is 2.61 bits per heavy atom. The Bertz CT molecular complexity index is 1240. The third-order valence-electron chi connectivity index (χ3n) is 4.74. The van der Waals surface area contributed by atoms with Gasteiger partial charge in [-0.3, -0.25) is 14.6 Å². The third kappa shape index (κ3) is 5.08. The van der Waals surface area contributed by atoms with Gasteiger partial charge in [-0.1, -0.05) is 36.4 Å². The first-order valence-corrected chi connectivity index (χ1v) is 9.70.